The summed E-state index contributed by atoms with van der Waals surface area (Å²) in [5, 5.41) is 0.407. The van der Waals surface area contributed by atoms with Crippen LogP contribution in [0.5, 0.6) is 0 Å². The highest BCUT2D eigenvalue weighted by molar-refractivity contribution is 7.13. The molecule has 27 heavy (non-hydrogen) atoms. The first kappa shape index (κ1) is 18.8. The second kappa shape index (κ2) is 6.34. The van der Waals surface area contributed by atoms with Crippen LogP contribution in [0.15, 0.2) is 33.9 Å². The predicted molar refractivity (Wildman–Crippen MR) is 93.5 cm³/mol. The molecule has 0 saturated carbocycles. The second-order valence-corrected chi connectivity index (χ2v) is 6.76. The highest BCUT2D eigenvalue weighted by Crippen LogP contribution is 2.28. The summed E-state index contributed by atoms with van der Waals surface area (Å²) in [6.45, 7) is 0. The molecule has 3 aromatic rings. The zero-order valence-electron chi connectivity index (χ0n) is 14.4. The van der Waals surface area contributed by atoms with Crippen LogP contribution in [0.3, 0.4) is 0 Å². The van der Waals surface area contributed by atoms with E-state index in [-0.39, 0.29) is 17.3 Å². The zero-order chi connectivity index (χ0) is 20.1. The summed E-state index contributed by atoms with van der Waals surface area (Å²) >= 11 is 1.06. The fourth-order valence-electron chi connectivity index (χ4n) is 2.57. The third-order valence-electron chi connectivity index (χ3n) is 3.93. The van der Waals surface area contributed by atoms with Crippen molar-refractivity contribution in [1.82, 2.24) is 18.4 Å². The van der Waals surface area contributed by atoms with Crippen LogP contribution in [0.1, 0.15) is 16.2 Å². The van der Waals surface area contributed by atoms with Crippen LogP contribution in [0.2, 0.25) is 0 Å². The van der Waals surface area contributed by atoms with Crippen molar-refractivity contribution in [3.63, 3.8) is 0 Å². The molecule has 2 heterocycles. The number of halogens is 3. The smallest absolute Gasteiger partial charge is 0.343 e. The number of carbonyl (C=O) groups is 1. The molecule has 2 aromatic heterocycles. The lowest BCUT2D eigenvalue weighted by molar-refractivity contribution is -0.144. The number of alkyl halides is 3. The lowest BCUT2D eigenvalue weighted by atomic mass is 10.2. The molecular formula is C16H13F3N4O3S. The quantitative estimate of drug-likeness (QED) is 0.660. The Bertz CT molecular complexity index is 1170. The molecule has 11 heteroatoms. The second-order valence-electron chi connectivity index (χ2n) is 5.95. The minimum Gasteiger partial charge on any atom is -0.343 e. The van der Waals surface area contributed by atoms with E-state index in [1.54, 1.807) is 20.2 Å². The SMILES string of the molecule is CN(C)C(=O)c1nsc2ccc(-n3c(=O)cc(C(F)(F)F)n(C)c3=O)cc12. The maximum atomic E-state index is 13.0. The third-order valence-corrected chi connectivity index (χ3v) is 4.76. The van der Waals surface area contributed by atoms with Crippen LogP contribution in [0, 0.1) is 0 Å². The van der Waals surface area contributed by atoms with Gasteiger partial charge in [-0.15, -0.1) is 0 Å². The van der Waals surface area contributed by atoms with Crippen LogP contribution in [0.25, 0.3) is 15.8 Å². The Morgan fingerprint density at radius 2 is 1.85 bits per heavy atom. The Balaban J connectivity index is 2.26. The molecular weight excluding hydrogens is 385 g/mol. The van der Waals surface area contributed by atoms with Crippen LogP contribution in [0.4, 0.5) is 13.2 Å². The van der Waals surface area contributed by atoms with Gasteiger partial charge in [-0.05, 0) is 29.7 Å². The maximum absolute atomic E-state index is 13.0. The highest BCUT2D eigenvalue weighted by Gasteiger charge is 2.35. The van der Waals surface area contributed by atoms with Crippen molar-refractivity contribution in [3.05, 3.63) is 56.5 Å². The number of hydrogen-bond donors (Lipinski definition) is 0. The number of benzene rings is 1. The molecule has 0 aliphatic heterocycles. The number of aromatic nitrogens is 3. The summed E-state index contributed by atoms with van der Waals surface area (Å²) in [5.74, 6) is -0.369. The molecule has 7 nitrogen and oxygen atoms in total. The molecule has 0 saturated heterocycles. The van der Waals surface area contributed by atoms with E-state index in [2.05, 4.69) is 4.37 Å². The standard InChI is InChI=1S/C16H13F3N4O3S/c1-21(2)14(25)13-9-6-8(4-5-10(9)27-20-13)23-12(24)7-11(16(17,18)19)22(3)15(23)26/h4-7H,1-3H3. The van der Waals surface area contributed by atoms with Gasteiger partial charge in [-0.2, -0.15) is 17.5 Å². The molecule has 0 N–H and O–H groups in total. The van der Waals surface area contributed by atoms with Crippen molar-refractivity contribution < 1.29 is 18.0 Å². The van der Waals surface area contributed by atoms with Gasteiger partial charge in [0.05, 0.1) is 10.4 Å². The van der Waals surface area contributed by atoms with Crippen molar-refractivity contribution in [2.24, 2.45) is 7.05 Å². The van der Waals surface area contributed by atoms with Gasteiger partial charge < -0.3 is 4.90 Å². The van der Waals surface area contributed by atoms with Gasteiger partial charge in [0, 0.05) is 32.6 Å². The Hall–Kier alpha value is -2.95. The normalized spacial score (nSPS) is 11.8. The van der Waals surface area contributed by atoms with Crippen molar-refractivity contribution in [1.29, 1.82) is 0 Å². The summed E-state index contributed by atoms with van der Waals surface area (Å²) in [6, 6.07) is 4.73. The van der Waals surface area contributed by atoms with Gasteiger partial charge in [0.1, 0.15) is 11.4 Å². The van der Waals surface area contributed by atoms with Crippen LogP contribution >= 0.6 is 11.5 Å². The van der Waals surface area contributed by atoms with Gasteiger partial charge in [-0.1, -0.05) is 0 Å². The molecule has 0 atom stereocenters. The fourth-order valence-corrected chi connectivity index (χ4v) is 3.32. The number of amides is 1. The summed E-state index contributed by atoms with van der Waals surface area (Å²) < 4.78 is 44.6. The first-order valence-electron chi connectivity index (χ1n) is 7.54. The summed E-state index contributed by atoms with van der Waals surface area (Å²) in [7, 11) is 4.04. The molecule has 1 aromatic carbocycles. The lowest BCUT2D eigenvalue weighted by Crippen LogP contribution is -2.40. The van der Waals surface area contributed by atoms with Gasteiger partial charge in [0.15, 0.2) is 0 Å². The Morgan fingerprint density at radius 1 is 1.19 bits per heavy atom. The summed E-state index contributed by atoms with van der Waals surface area (Å²) in [5.41, 5.74) is -3.41. The lowest BCUT2D eigenvalue weighted by Gasteiger charge is -2.14. The van der Waals surface area contributed by atoms with Crippen molar-refractivity contribution >= 4 is 27.5 Å². The Morgan fingerprint density at radius 3 is 2.44 bits per heavy atom. The van der Waals surface area contributed by atoms with Crippen molar-refractivity contribution in [2.45, 2.75) is 6.18 Å². The topological polar surface area (TPSA) is 77.2 Å². The number of fused-ring (bicyclic) bond motifs is 1. The van der Waals surface area contributed by atoms with Gasteiger partial charge in [0.2, 0.25) is 0 Å². The van der Waals surface area contributed by atoms with E-state index in [1.807, 2.05) is 0 Å². The molecule has 3 rings (SSSR count). The average molecular weight is 398 g/mol. The molecule has 0 spiro atoms. The first-order chi connectivity index (χ1) is 12.5. The largest absolute Gasteiger partial charge is 0.431 e. The third kappa shape index (κ3) is 3.14. The number of rotatable bonds is 2. The molecule has 0 fully saturated rings. The first-order valence-corrected chi connectivity index (χ1v) is 8.31. The molecule has 0 aliphatic rings. The van der Waals surface area contributed by atoms with Gasteiger partial charge in [-0.25, -0.2) is 9.36 Å². The predicted octanol–water partition coefficient (Wildman–Crippen LogP) is 1.87. The number of nitrogens with zero attached hydrogens (tertiary/aromatic N) is 4. The minimum atomic E-state index is -4.83. The summed E-state index contributed by atoms with van der Waals surface area (Å²) in [4.78, 5) is 38.2. The Labute approximate surface area is 154 Å². The van der Waals surface area contributed by atoms with E-state index in [1.165, 1.54) is 17.0 Å². The maximum Gasteiger partial charge on any atom is 0.431 e. The van der Waals surface area contributed by atoms with E-state index in [4.69, 9.17) is 0 Å². The number of hydrogen-bond acceptors (Lipinski definition) is 5. The van der Waals surface area contributed by atoms with Gasteiger partial charge >= 0.3 is 11.9 Å². The molecule has 0 unspecified atom stereocenters. The van der Waals surface area contributed by atoms with Crippen LogP contribution < -0.4 is 11.2 Å². The van der Waals surface area contributed by atoms with Gasteiger partial charge in [-0.3, -0.25) is 14.2 Å². The average Bonchev–Trinajstić information content (AvgIpc) is 2.99. The Kier molecular flexibility index (Phi) is 4.42. The van der Waals surface area contributed by atoms with E-state index in [0.29, 0.717) is 25.3 Å². The van der Waals surface area contributed by atoms with Crippen molar-refractivity contribution in [2.75, 3.05) is 14.1 Å². The molecule has 0 radical (unpaired) electrons. The van der Waals surface area contributed by atoms with Crippen LogP contribution in [-0.2, 0) is 13.2 Å². The van der Waals surface area contributed by atoms with Gasteiger partial charge in [0.25, 0.3) is 11.5 Å². The van der Waals surface area contributed by atoms with Crippen molar-refractivity contribution in [3.8, 4) is 5.69 Å². The van der Waals surface area contributed by atoms with E-state index >= 15 is 0 Å². The minimum absolute atomic E-state index is 0.0508. The number of carbonyl (C=O) groups excluding carboxylic acids is 1. The molecule has 142 valence electrons. The fraction of sp³-hybridized carbons (Fsp3) is 0.250. The molecule has 0 bridgehead atoms. The summed E-state index contributed by atoms with van der Waals surface area (Å²) in [6.07, 6.45) is -4.83. The molecule has 0 aliphatic carbocycles. The zero-order valence-corrected chi connectivity index (χ0v) is 15.2. The van der Waals surface area contributed by atoms with Crippen LogP contribution in [-0.4, -0.2) is 38.4 Å². The van der Waals surface area contributed by atoms with E-state index in [9.17, 15) is 27.6 Å². The monoisotopic (exact) mass is 398 g/mol. The highest BCUT2D eigenvalue weighted by atomic mass is 32.1. The van der Waals surface area contributed by atoms with E-state index < -0.39 is 23.1 Å². The van der Waals surface area contributed by atoms with E-state index in [0.717, 1.165) is 18.6 Å². The molecule has 1 amide bonds.